The third kappa shape index (κ3) is 2.49. The van der Waals surface area contributed by atoms with Crippen molar-refractivity contribution in [2.45, 2.75) is 0 Å². The van der Waals surface area contributed by atoms with Crippen LogP contribution < -0.4 is 5.32 Å². The van der Waals surface area contributed by atoms with Crippen LogP contribution in [0.2, 0.25) is 0 Å². The molecule has 0 atom stereocenters. The van der Waals surface area contributed by atoms with E-state index in [1.54, 1.807) is 24.3 Å². The number of nitrogens with zero attached hydrogens (tertiary/aromatic N) is 1. The fraction of sp³-hybridized carbons (Fsp3) is 0. The van der Waals surface area contributed by atoms with Gasteiger partial charge in [0, 0.05) is 5.69 Å². The van der Waals surface area contributed by atoms with E-state index in [2.05, 4.69) is 10.3 Å². The molecular formula is C11H8F2N2. The lowest BCUT2D eigenvalue weighted by atomic mass is 10.3. The summed E-state index contributed by atoms with van der Waals surface area (Å²) in [5.41, 5.74) is 0.662. The van der Waals surface area contributed by atoms with Crippen molar-refractivity contribution in [1.82, 2.24) is 4.98 Å². The van der Waals surface area contributed by atoms with Gasteiger partial charge >= 0.3 is 0 Å². The van der Waals surface area contributed by atoms with Gasteiger partial charge in [-0.15, -0.1) is 0 Å². The van der Waals surface area contributed by atoms with Crippen LogP contribution in [-0.4, -0.2) is 4.98 Å². The van der Waals surface area contributed by atoms with Crippen molar-refractivity contribution in [2.24, 2.45) is 0 Å². The van der Waals surface area contributed by atoms with Gasteiger partial charge in [-0.05, 0) is 36.4 Å². The molecule has 76 valence electrons. The fourth-order valence-corrected chi connectivity index (χ4v) is 1.16. The van der Waals surface area contributed by atoms with Crippen LogP contribution in [0.15, 0.2) is 42.5 Å². The Morgan fingerprint density at radius 3 is 2.33 bits per heavy atom. The highest BCUT2D eigenvalue weighted by Gasteiger charge is 1.97. The summed E-state index contributed by atoms with van der Waals surface area (Å²) in [6, 6.07) is 10.2. The van der Waals surface area contributed by atoms with Crippen molar-refractivity contribution in [3.63, 3.8) is 0 Å². The lowest BCUT2D eigenvalue weighted by molar-refractivity contribution is 0.585. The molecule has 1 heterocycles. The quantitative estimate of drug-likeness (QED) is 0.763. The molecule has 2 rings (SSSR count). The van der Waals surface area contributed by atoms with Crippen molar-refractivity contribution in [1.29, 1.82) is 0 Å². The number of pyridine rings is 1. The monoisotopic (exact) mass is 206 g/mol. The minimum atomic E-state index is -0.554. The molecule has 1 aromatic carbocycles. The first-order valence-corrected chi connectivity index (χ1v) is 4.39. The van der Waals surface area contributed by atoms with E-state index >= 15 is 0 Å². The van der Waals surface area contributed by atoms with E-state index < -0.39 is 5.95 Å². The van der Waals surface area contributed by atoms with Crippen molar-refractivity contribution in [2.75, 3.05) is 5.32 Å². The highest BCUT2D eigenvalue weighted by atomic mass is 19.1. The second kappa shape index (κ2) is 4.04. The average molecular weight is 206 g/mol. The summed E-state index contributed by atoms with van der Waals surface area (Å²) < 4.78 is 25.3. The van der Waals surface area contributed by atoms with Crippen LogP contribution in [0.3, 0.4) is 0 Å². The maximum Gasteiger partial charge on any atom is 0.214 e. The molecule has 0 saturated heterocycles. The summed E-state index contributed by atoms with van der Waals surface area (Å²) in [4.78, 5) is 3.62. The molecule has 0 spiro atoms. The van der Waals surface area contributed by atoms with Crippen molar-refractivity contribution >= 4 is 11.5 Å². The molecule has 0 bridgehead atoms. The summed E-state index contributed by atoms with van der Waals surface area (Å²) in [6.07, 6.45) is 0. The van der Waals surface area contributed by atoms with E-state index in [4.69, 9.17) is 0 Å². The molecule has 2 aromatic rings. The number of anilines is 2. The second-order valence-corrected chi connectivity index (χ2v) is 2.98. The zero-order valence-corrected chi connectivity index (χ0v) is 7.74. The van der Waals surface area contributed by atoms with E-state index in [1.165, 1.54) is 18.2 Å². The van der Waals surface area contributed by atoms with Crippen LogP contribution >= 0.6 is 0 Å². The minimum absolute atomic E-state index is 0.312. The molecule has 0 aliphatic rings. The van der Waals surface area contributed by atoms with Crippen molar-refractivity contribution < 1.29 is 8.78 Å². The normalized spacial score (nSPS) is 10.0. The largest absolute Gasteiger partial charge is 0.340 e. The Balaban J connectivity index is 2.18. The van der Waals surface area contributed by atoms with Crippen LogP contribution in [0.4, 0.5) is 20.3 Å². The highest BCUT2D eigenvalue weighted by Crippen LogP contribution is 2.14. The zero-order valence-electron chi connectivity index (χ0n) is 7.74. The SMILES string of the molecule is Fc1ccc(Nc2cccc(F)n2)cc1. The van der Waals surface area contributed by atoms with E-state index in [0.717, 1.165) is 0 Å². The number of aromatic nitrogens is 1. The second-order valence-electron chi connectivity index (χ2n) is 2.98. The number of rotatable bonds is 2. The Bertz CT molecular complexity index is 454. The predicted octanol–water partition coefficient (Wildman–Crippen LogP) is 3.10. The van der Waals surface area contributed by atoms with Crippen LogP contribution in [0, 0.1) is 11.8 Å². The van der Waals surface area contributed by atoms with Gasteiger partial charge in [-0.3, -0.25) is 0 Å². The summed E-state index contributed by atoms with van der Waals surface area (Å²) in [6.45, 7) is 0. The summed E-state index contributed by atoms with van der Waals surface area (Å²) in [5, 5.41) is 2.85. The summed E-state index contributed by atoms with van der Waals surface area (Å²) >= 11 is 0. The van der Waals surface area contributed by atoms with E-state index in [0.29, 0.717) is 11.5 Å². The van der Waals surface area contributed by atoms with Gasteiger partial charge in [0.05, 0.1) is 0 Å². The van der Waals surface area contributed by atoms with E-state index in [1.807, 2.05) is 0 Å². The Hall–Kier alpha value is -1.97. The van der Waals surface area contributed by atoms with Crippen LogP contribution in [0.5, 0.6) is 0 Å². The van der Waals surface area contributed by atoms with Crippen LogP contribution in [0.1, 0.15) is 0 Å². The van der Waals surface area contributed by atoms with Gasteiger partial charge in [0.1, 0.15) is 11.6 Å². The standard InChI is InChI=1S/C11H8F2N2/c12-8-4-6-9(7-5-8)14-11-3-1-2-10(13)15-11/h1-7H,(H,14,15). The summed E-state index contributed by atoms with van der Waals surface area (Å²) in [5.74, 6) is -0.475. The lowest BCUT2D eigenvalue weighted by Gasteiger charge is -2.04. The molecule has 1 N–H and O–H groups in total. The predicted molar refractivity (Wildman–Crippen MR) is 53.9 cm³/mol. The number of halogens is 2. The Labute approximate surface area is 85.6 Å². The molecule has 0 aliphatic heterocycles. The van der Waals surface area contributed by atoms with E-state index in [-0.39, 0.29) is 5.82 Å². The number of hydrogen-bond donors (Lipinski definition) is 1. The maximum absolute atomic E-state index is 12.7. The van der Waals surface area contributed by atoms with Gasteiger partial charge in [0.25, 0.3) is 0 Å². The Kier molecular flexibility index (Phi) is 2.58. The molecular weight excluding hydrogens is 198 g/mol. The third-order valence-corrected chi connectivity index (χ3v) is 1.83. The van der Waals surface area contributed by atoms with Crippen LogP contribution in [-0.2, 0) is 0 Å². The molecule has 4 heteroatoms. The first kappa shape index (κ1) is 9.58. The van der Waals surface area contributed by atoms with Gasteiger partial charge in [0.2, 0.25) is 5.95 Å². The van der Waals surface area contributed by atoms with E-state index in [9.17, 15) is 8.78 Å². The molecule has 1 aromatic heterocycles. The molecule has 2 nitrogen and oxygen atoms in total. The molecule has 0 aliphatic carbocycles. The average Bonchev–Trinajstić information content (AvgIpc) is 2.22. The summed E-state index contributed by atoms with van der Waals surface area (Å²) in [7, 11) is 0. The van der Waals surface area contributed by atoms with Gasteiger partial charge in [-0.25, -0.2) is 9.37 Å². The molecule has 0 unspecified atom stereocenters. The van der Waals surface area contributed by atoms with Crippen molar-refractivity contribution in [3.05, 3.63) is 54.2 Å². The maximum atomic E-state index is 12.7. The number of nitrogens with one attached hydrogen (secondary N) is 1. The highest BCUT2D eigenvalue weighted by molar-refractivity contribution is 5.55. The Morgan fingerprint density at radius 1 is 0.933 bits per heavy atom. The first-order chi connectivity index (χ1) is 7.24. The molecule has 15 heavy (non-hydrogen) atoms. The topological polar surface area (TPSA) is 24.9 Å². The van der Waals surface area contributed by atoms with Gasteiger partial charge in [-0.2, -0.15) is 4.39 Å². The first-order valence-electron chi connectivity index (χ1n) is 4.39. The van der Waals surface area contributed by atoms with Crippen LogP contribution in [0.25, 0.3) is 0 Å². The van der Waals surface area contributed by atoms with Gasteiger partial charge in [0.15, 0.2) is 0 Å². The minimum Gasteiger partial charge on any atom is -0.340 e. The smallest absolute Gasteiger partial charge is 0.214 e. The zero-order chi connectivity index (χ0) is 10.7. The lowest BCUT2D eigenvalue weighted by Crippen LogP contribution is -1.94. The molecule has 0 saturated carbocycles. The fourth-order valence-electron chi connectivity index (χ4n) is 1.16. The number of hydrogen-bond acceptors (Lipinski definition) is 2. The molecule has 0 fully saturated rings. The van der Waals surface area contributed by atoms with Crippen molar-refractivity contribution in [3.8, 4) is 0 Å². The molecule has 0 radical (unpaired) electrons. The number of benzene rings is 1. The van der Waals surface area contributed by atoms with Gasteiger partial charge < -0.3 is 5.32 Å². The third-order valence-electron chi connectivity index (χ3n) is 1.83. The van der Waals surface area contributed by atoms with Gasteiger partial charge in [-0.1, -0.05) is 6.07 Å². The Morgan fingerprint density at radius 2 is 1.67 bits per heavy atom. The molecule has 0 amide bonds.